The Bertz CT molecular complexity index is 648. The molecule has 1 saturated heterocycles. The summed E-state index contributed by atoms with van der Waals surface area (Å²) in [5.74, 6) is -0.763. The summed E-state index contributed by atoms with van der Waals surface area (Å²) in [4.78, 5) is 25.1. The molecule has 0 aliphatic carbocycles. The largest absolute Gasteiger partial charge is 0.418 e. The number of carbonyl (C=O) groups excluding carboxylic acids is 2. The molecule has 0 spiro atoms. The van der Waals surface area contributed by atoms with Crippen molar-refractivity contribution in [1.29, 1.82) is 0 Å². The topological polar surface area (TPSA) is 69.6 Å². The van der Waals surface area contributed by atoms with E-state index in [1.54, 1.807) is 24.3 Å². The van der Waals surface area contributed by atoms with Gasteiger partial charge in [-0.1, -0.05) is 12.1 Å². The van der Waals surface area contributed by atoms with Crippen LogP contribution in [-0.4, -0.2) is 52.6 Å². The zero-order valence-corrected chi connectivity index (χ0v) is 13.4. The molecular formula is C16H19F3N2O3. The number of benzene rings is 1. The summed E-state index contributed by atoms with van der Waals surface area (Å²) in [6.07, 6.45) is -5.21. The Kier molecular flexibility index (Phi) is 5.00. The summed E-state index contributed by atoms with van der Waals surface area (Å²) < 4.78 is 38.6. The molecule has 1 aromatic rings. The van der Waals surface area contributed by atoms with E-state index in [2.05, 4.69) is 5.32 Å². The number of hydrogen-bond acceptors (Lipinski definition) is 4. The summed E-state index contributed by atoms with van der Waals surface area (Å²) in [5, 5.41) is 12.3. The normalized spacial score (nSPS) is 23.1. The second-order valence-corrected chi connectivity index (χ2v) is 6.02. The Morgan fingerprint density at radius 3 is 2.50 bits per heavy atom. The highest BCUT2D eigenvalue weighted by molar-refractivity contribution is 6.04. The predicted octanol–water partition coefficient (Wildman–Crippen LogP) is 2.22. The number of rotatable bonds is 4. The van der Waals surface area contributed by atoms with Crippen LogP contribution in [-0.2, 0) is 4.79 Å². The SMILES string of the molecule is CC(=O)c1ccccc1NC(=O)[C@H](C)N1CC[C@@](O)(C(F)(F)F)C1. The number of hydrogen-bond donors (Lipinski definition) is 2. The van der Waals surface area contributed by atoms with Gasteiger partial charge in [0.1, 0.15) is 0 Å². The van der Waals surface area contributed by atoms with Crippen molar-refractivity contribution in [2.75, 3.05) is 18.4 Å². The molecular weight excluding hydrogens is 325 g/mol. The number of para-hydroxylation sites is 1. The number of nitrogens with one attached hydrogen (secondary N) is 1. The summed E-state index contributed by atoms with van der Waals surface area (Å²) in [6, 6.07) is 5.53. The van der Waals surface area contributed by atoms with Gasteiger partial charge in [-0.05, 0) is 32.4 Å². The van der Waals surface area contributed by atoms with Gasteiger partial charge in [-0.25, -0.2) is 0 Å². The van der Waals surface area contributed by atoms with Crippen molar-refractivity contribution in [1.82, 2.24) is 4.90 Å². The molecule has 5 nitrogen and oxygen atoms in total. The Morgan fingerprint density at radius 2 is 1.96 bits per heavy atom. The van der Waals surface area contributed by atoms with Crippen molar-refractivity contribution >= 4 is 17.4 Å². The summed E-state index contributed by atoms with van der Waals surface area (Å²) >= 11 is 0. The van der Waals surface area contributed by atoms with Gasteiger partial charge in [-0.2, -0.15) is 13.2 Å². The monoisotopic (exact) mass is 344 g/mol. The maximum atomic E-state index is 12.9. The maximum absolute atomic E-state index is 12.9. The van der Waals surface area contributed by atoms with Crippen molar-refractivity contribution in [2.45, 2.75) is 38.1 Å². The van der Waals surface area contributed by atoms with E-state index >= 15 is 0 Å². The van der Waals surface area contributed by atoms with Crippen LogP contribution in [0.1, 0.15) is 30.6 Å². The Balaban J connectivity index is 2.08. The first kappa shape index (κ1) is 18.4. The van der Waals surface area contributed by atoms with E-state index in [1.807, 2.05) is 0 Å². The molecule has 8 heteroatoms. The number of anilines is 1. The van der Waals surface area contributed by atoms with Crippen LogP contribution in [0.3, 0.4) is 0 Å². The fourth-order valence-electron chi connectivity index (χ4n) is 2.69. The van der Waals surface area contributed by atoms with Gasteiger partial charge in [-0.3, -0.25) is 14.5 Å². The molecule has 0 bridgehead atoms. The van der Waals surface area contributed by atoms with Gasteiger partial charge in [0.05, 0.1) is 11.7 Å². The molecule has 1 heterocycles. The minimum atomic E-state index is -4.74. The van der Waals surface area contributed by atoms with Gasteiger partial charge in [0.2, 0.25) is 5.91 Å². The van der Waals surface area contributed by atoms with Gasteiger partial charge in [0, 0.05) is 18.7 Å². The quantitative estimate of drug-likeness (QED) is 0.822. The molecule has 0 unspecified atom stereocenters. The Labute approximate surface area is 137 Å². The lowest BCUT2D eigenvalue weighted by molar-refractivity contribution is -0.254. The second-order valence-electron chi connectivity index (χ2n) is 6.02. The molecule has 1 fully saturated rings. The minimum absolute atomic E-state index is 0.0427. The van der Waals surface area contributed by atoms with E-state index in [4.69, 9.17) is 0 Å². The standard InChI is InChI=1S/C16H19F3N2O3/c1-10(21-8-7-15(24,9-21)16(17,18)19)14(23)20-13-6-4-3-5-12(13)11(2)22/h3-6,10,24H,7-9H2,1-2H3,(H,20,23)/t10-,15-/m0/s1. The van der Waals surface area contributed by atoms with Crippen molar-refractivity contribution in [2.24, 2.45) is 0 Å². The highest BCUT2D eigenvalue weighted by atomic mass is 19.4. The van der Waals surface area contributed by atoms with Crippen molar-refractivity contribution in [3.63, 3.8) is 0 Å². The predicted molar refractivity (Wildman–Crippen MR) is 81.7 cm³/mol. The number of carbonyl (C=O) groups is 2. The molecule has 2 atom stereocenters. The second kappa shape index (κ2) is 6.52. The molecule has 1 aliphatic rings. The van der Waals surface area contributed by atoms with Gasteiger partial charge in [0.15, 0.2) is 11.4 Å². The summed E-state index contributed by atoms with van der Waals surface area (Å²) in [5.41, 5.74) is -2.16. The summed E-state index contributed by atoms with van der Waals surface area (Å²) in [6.45, 7) is 2.13. The molecule has 0 aromatic heterocycles. The third kappa shape index (κ3) is 3.59. The smallest absolute Gasteiger partial charge is 0.379 e. The van der Waals surface area contributed by atoms with Crippen LogP contribution in [0.2, 0.25) is 0 Å². The van der Waals surface area contributed by atoms with Crippen LogP contribution in [0.15, 0.2) is 24.3 Å². The zero-order valence-electron chi connectivity index (χ0n) is 13.4. The number of amides is 1. The van der Waals surface area contributed by atoms with E-state index in [0.29, 0.717) is 11.3 Å². The number of aliphatic hydroxyl groups is 1. The highest BCUT2D eigenvalue weighted by Crippen LogP contribution is 2.38. The number of nitrogens with zero attached hydrogens (tertiary/aromatic N) is 1. The molecule has 0 saturated carbocycles. The number of likely N-dealkylation sites (tertiary alicyclic amines) is 1. The summed E-state index contributed by atoms with van der Waals surface area (Å²) in [7, 11) is 0. The third-order valence-corrected chi connectivity index (χ3v) is 4.30. The number of β-amino-alcohol motifs (C(OH)–C–C–N with tert-alkyl or cyclic N) is 1. The van der Waals surface area contributed by atoms with Crippen LogP contribution in [0.4, 0.5) is 18.9 Å². The van der Waals surface area contributed by atoms with Crippen molar-refractivity contribution < 1.29 is 27.9 Å². The molecule has 1 aromatic carbocycles. The first-order chi connectivity index (χ1) is 11.0. The molecule has 24 heavy (non-hydrogen) atoms. The highest BCUT2D eigenvalue weighted by Gasteiger charge is 2.57. The molecule has 2 rings (SSSR count). The lowest BCUT2D eigenvalue weighted by Crippen LogP contribution is -2.49. The zero-order chi connectivity index (χ0) is 18.1. The maximum Gasteiger partial charge on any atom is 0.418 e. The number of alkyl halides is 3. The van der Waals surface area contributed by atoms with Crippen LogP contribution in [0.25, 0.3) is 0 Å². The van der Waals surface area contributed by atoms with Crippen LogP contribution >= 0.6 is 0 Å². The molecule has 1 aliphatic heterocycles. The van der Waals surface area contributed by atoms with E-state index in [9.17, 15) is 27.9 Å². The van der Waals surface area contributed by atoms with Crippen molar-refractivity contribution in [3.8, 4) is 0 Å². The van der Waals surface area contributed by atoms with Crippen molar-refractivity contribution in [3.05, 3.63) is 29.8 Å². The average molecular weight is 344 g/mol. The fourth-order valence-corrected chi connectivity index (χ4v) is 2.69. The number of ketones is 1. The van der Waals surface area contributed by atoms with Gasteiger partial charge in [0.25, 0.3) is 0 Å². The lowest BCUT2D eigenvalue weighted by Gasteiger charge is -2.28. The fraction of sp³-hybridized carbons (Fsp3) is 0.500. The van der Waals surface area contributed by atoms with E-state index in [-0.39, 0.29) is 12.3 Å². The Hall–Kier alpha value is -1.93. The van der Waals surface area contributed by atoms with Crippen LogP contribution < -0.4 is 5.32 Å². The van der Waals surface area contributed by atoms with Crippen LogP contribution in [0.5, 0.6) is 0 Å². The van der Waals surface area contributed by atoms with Gasteiger partial charge in [-0.15, -0.1) is 0 Å². The molecule has 132 valence electrons. The number of halogens is 3. The molecule has 2 N–H and O–H groups in total. The minimum Gasteiger partial charge on any atom is -0.379 e. The average Bonchev–Trinajstić information content (AvgIpc) is 2.90. The van der Waals surface area contributed by atoms with E-state index in [0.717, 1.165) is 0 Å². The van der Waals surface area contributed by atoms with Gasteiger partial charge >= 0.3 is 6.18 Å². The number of Topliss-reactive ketones (excluding diaryl/α,β-unsaturated/α-hetero) is 1. The first-order valence-corrected chi connectivity index (χ1v) is 7.49. The van der Waals surface area contributed by atoms with E-state index in [1.165, 1.54) is 18.7 Å². The Morgan fingerprint density at radius 1 is 1.33 bits per heavy atom. The molecule has 0 radical (unpaired) electrons. The van der Waals surface area contributed by atoms with Gasteiger partial charge < -0.3 is 10.4 Å². The van der Waals surface area contributed by atoms with E-state index < -0.39 is 36.7 Å². The third-order valence-electron chi connectivity index (χ3n) is 4.30. The first-order valence-electron chi connectivity index (χ1n) is 7.49. The van der Waals surface area contributed by atoms with Crippen LogP contribution in [0, 0.1) is 0 Å². The molecule has 1 amide bonds. The lowest BCUT2D eigenvalue weighted by atomic mass is 10.0.